The highest BCUT2D eigenvalue weighted by atomic mass is 16.5. The molecule has 0 atom stereocenters. The second-order valence-corrected chi connectivity index (χ2v) is 4.34. The number of hydrogen-bond acceptors (Lipinski definition) is 4. The van der Waals surface area contributed by atoms with Gasteiger partial charge in [-0.15, -0.1) is 0 Å². The normalized spacial score (nSPS) is 10.5. The fourth-order valence-electron chi connectivity index (χ4n) is 1.79. The largest absolute Gasteiger partial charge is 0.462 e. The van der Waals surface area contributed by atoms with Gasteiger partial charge in [-0.2, -0.15) is 5.10 Å². The summed E-state index contributed by atoms with van der Waals surface area (Å²) in [5, 5.41) is 4.15. The van der Waals surface area contributed by atoms with Gasteiger partial charge in [0.15, 0.2) is 0 Å². The molecule has 1 aromatic carbocycles. The molecule has 0 saturated heterocycles. The van der Waals surface area contributed by atoms with Crippen LogP contribution in [0.2, 0.25) is 0 Å². The molecule has 2 rings (SSSR count). The summed E-state index contributed by atoms with van der Waals surface area (Å²) in [7, 11) is 0. The van der Waals surface area contributed by atoms with E-state index in [1.165, 1.54) is 11.8 Å². The van der Waals surface area contributed by atoms with Crippen molar-refractivity contribution >= 4 is 11.8 Å². The van der Waals surface area contributed by atoms with Crippen molar-refractivity contribution in [2.75, 3.05) is 12.3 Å². The summed E-state index contributed by atoms with van der Waals surface area (Å²) in [4.78, 5) is 11.7. The molecule has 0 aliphatic rings. The van der Waals surface area contributed by atoms with E-state index in [0.717, 1.165) is 11.3 Å². The van der Waals surface area contributed by atoms with Crippen LogP contribution in [0.5, 0.6) is 0 Å². The SMILES string of the molecule is CCOC(=O)c1cnn(-c2ccc(C)c(C)c2)c1N. The number of nitrogens with two attached hydrogens (primary N) is 1. The first-order chi connectivity index (χ1) is 9.04. The highest BCUT2D eigenvalue weighted by Crippen LogP contribution is 2.20. The van der Waals surface area contributed by atoms with Crippen molar-refractivity contribution in [2.24, 2.45) is 0 Å². The monoisotopic (exact) mass is 259 g/mol. The summed E-state index contributed by atoms with van der Waals surface area (Å²) >= 11 is 0. The van der Waals surface area contributed by atoms with Crippen LogP contribution in [0.1, 0.15) is 28.4 Å². The Morgan fingerprint density at radius 3 is 2.74 bits per heavy atom. The van der Waals surface area contributed by atoms with Crippen LogP contribution in [0.3, 0.4) is 0 Å². The standard InChI is InChI=1S/C14H17N3O2/c1-4-19-14(18)12-8-16-17(13(12)15)11-6-5-9(2)10(3)7-11/h5-8H,4,15H2,1-3H3. The zero-order valence-corrected chi connectivity index (χ0v) is 11.3. The number of aromatic nitrogens is 2. The van der Waals surface area contributed by atoms with Crippen molar-refractivity contribution in [3.8, 4) is 5.69 Å². The van der Waals surface area contributed by atoms with Crippen LogP contribution in [0.4, 0.5) is 5.82 Å². The van der Waals surface area contributed by atoms with E-state index in [9.17, 15) is 4.79 Å². The third-order valence-electron chi connectivity index (χ3n) is 3.04. The minimum atomic E-state index is -0.449. The van der Waals surface area contributed by atoms with E-state index in [4.69, 9.17) is 10.5 Å². The van der Waals surface area contributed by atoms with Crippen LogP contribution in [0.15, 0.2) is 24.4 Å². The van der Waals surface area contributed by atoms with Gasteiger partial charge in [-0.05, 0) is 44.0 Å². The number of nitrogens with zero attached hydrogens (tertiary/aromatic N) is 2. The van der Waals surface area contributed by atoms with Gasteiger partial charge in [0, 0.05) is 0 Å². The van der Waals surface area contributed by atoms with Crippen LogP contribution in [-0.2, 0) is 4.74 Å². The number of hydrogen-bond donors (Lipinski definition) is 1. The predicted octanol–water partition coefficient (Wildman–Crippen LogP) is 2.25. The van der Waals surface area contributed by atoms with Crippen LogP contribution < -0.4 is 5.73 Å². The second kappa shape index (κ2) is 5.14. The van der Waals surface area contributed by atoms with Gasteiger partial charge in [-0.3, -0.25) is 0 Å². The average molecular weight is 259 g/mol. The first-order valence-electron chi connectivity index (χ1n) is 6.12. The Bertz CT molecular complexity index is 617. The number of carbonyl (C=O) groups is 1. The molecule has 0 spiro atoms. The Morgan fingerprint density at radius 2 is 2.11 bits per heavy atom. The molecule has 0 aliphatic heterocycles. The highest BCUT2D eigenvalue weighted by molar-refractivity contribution is 5.94. The van der Waals surface area contributed by atoms with E-state index in [2.05, 4.69) is 5.10 Å². The molecule has 0 aliphatic carbocycles. The third-order valence-corrected chi connectivity index (χ3v) is 3.04. The van der Waals surface area contributed by atoms with Gasteiger partial charge in [-0.25, -0.2) is 9.48 Å². The quantitative estimate of drug-likeness (QED) is 0.858. The molecule has 0 amide bonds. The molecule has 2 N–H and O–H groups in total. The van der Waals surface area contributed by atoms with Crippen molar-refractivity contribution in [2.45, 2.75) is 20.8 Å². The molecule has 19 heavy (non-hydrogen) atoms. The molecule has 1 aromatic heterocycles. The number of nitrogen functional groups attached to an aromatic ring is 1. The third kappa shape index (κ3) is 2.45. The summed E-state index contributed by atoms with van der Waals surface area (Å²) in [5.74, 6) is -0.156. The lowest BCUT2D eigenvalue weighted by Gasteiger charge is -2.07. The van der Waals surface area contributed by atoms with Gasteiger partial charge < -0.3 is 10.5 Å². The van der Waals surface area contributed by atoms with Crippen molar-refractivity contribution in [3.63, 3.8) is 0 Å². The maximum Gasteiger partial charge on any atom is 0.343 e. The summed E-state index contributed by atoms with van der Waals surface area (Å²) in [6, 6.07) is 5.89. The second-order valence-electron chi connectivity index (χ2n) is 4.34. The minimum Gasteiger partial charge on any atom is -0.462 e. The topological polar surface area (TPSA) is 70.1 Å². The summed E-state index contributed by atoms with van der Waals surface area (Å²) in [6.45, 7) is 6.12. The van der Waals surface area contributed by atoms with Crippen molar-refractivity contribution in [3.05, 3.63) is 41.1 Å². The number of anilines is 1. The van der Waals surface area contributed by atoms with E-state index >= 15 is 0 Å². The molecule has 0 unspecified atom stereocenters. The van der Waals surface area contributed by atoms with Gasteiger partial charge in [0.2, 0.25) is 0 Å². The van der Waals surface area contributed by atoms with E-state index < -0.39 is 5.97 Å². The Labute approximate surface area is 112 Å². The predicted molar refractivity (Wildman–Crippen MR) is 73.4 cm³/mol. The van der Waals surface area contributed by atoms with Crippen LogP contribution in [-0.4, -0.2) is 22.4 Å². The van der Waals surface area contributed by atoms with Gasteiger partial charge in [0.05, 0.1) is 18.5 Å². The number of rotatable bonds is 3. The van der Waals surface area contributed by atoms with Crippen molar-refractivity contribution < 1.29 is 9.53 Å². The summed E-state index contributed by atoms with van der Waals surface area (Å²) < 4.78 is 6.47. The number of esters is 1. The Balaban J connectivity index is 2.41. The molecule has 0 radical (unpaired) electrons. The average Bonchev–Trinajstić information content (AvgIpc) is 2.75. The van der Waals surface area contributed by atoms with Gasteiger partial charge in [0.25, 0.3) is 0 Å². The first kappa shape index (κ1) is 13.1. The zero-order valence-electron chi connectivity index (χ0n) is 11.3. The molecular weight excluding hydrogens is 242 g/mol. The minimum absolute atomic E-state index is 0.292. The fraction of sp³-hybridized carbons (Fsp3) is 0.286. The van der Waals surface area contributed by atoms with E-state index in [0.29, 0.717) is 18.0 Å². The number of aryl methyl sites for hydroxylation is 2. The van der Waals surface area contributed by atoms with Gasteiger partial charge >= 0.3 is 5.97 Å². The molecule has 0 bridgehead atoms. The molecule has 2 aromatic rings. The van der Waals surface area contributed by atoms with Crippen molar-refractivity contribution in [1.82, 2.24) is 9.78 Å². The van der Waals surface area contributed by atoms with Crippen LogP contribution >= 0.6 is 0 Å². The number of ether oxygens (including phenoxy) is 1. The molecule has 5 nitrogen and oxygen atoms in total. The molecule has 0 fully saturated rings. The van der Waals surface area contributed by atoms with Gasteiger partial charge in [0.1, 0.15) is 11.4 Å². The number of carbonyl (C=O) groups excluding carboxylic acids is 1. The van der Waals surface area contributed by atoms with Crippen LogP contribution in [0.25, 0.3) is 5.69 Å². The smallest absolute Gasteiger partial charge is 0.343 e. The maximum absolute atomic E-state index is 11.7. The molecule has 100 valence electrons. The van der Waals surface area contributed by atoms with Crippen molar-refractivity contribution in [1.29, 1.82) is 0 Å². The summed E-state index contributed by atoms with van der Waals surface area (Å²) in [6.07, 6.45) is 1.43. The maximum atomic E-state index is 11.7. The van der Waals surface area contributed by atoms with E-state index in [1.54, 1.807) is 11.6 Å². The summed E-state index contributed by atoms with van der Waals surface area (Å²) in [5.41, 5.74) is 9.41. The zero-order chi connectivity index (χ0) is 14.0. The molecule has 5 heteroatoms. The Hall–Kier alpha value is -2.30. The Kier molecular flexibility index (Phi) is 3.55. The van der Waals surface area contributed by atoms with E-state index in [1.807, 2.05) is 32.0 Å². The fourth-order valence-corrected chi connectivity index (χ4v) is 1.79. The van der Waals surface area contributed by atoms with E-state index in [-0.39, 0.29) is 0 Å². The highest BCUT2D eigenvalue weighted by Gasteiger charge is 2.17. The van der Waals surface area contributed by atoms with Crippen LogP contribution in [0, 0.1) is 13.8 Å². The lowest BCUT2D eigenvalue weighted by atomic mass is 10.1. The lowest BCUT2D eigenvalue weighted by molar-refractivity contribution is 0.0527. The lowest BCUT2D eigenvalue weighted by Crippen LogP contribution is -2.09. The molecule has 1 heterocycles. The number of benzene rings is 1. The molecular formula is C14H17N3O2. The Morgan fingerprint density at radius 1 is 1.37 bits per heavy atom. The van der Waals surface area contributed by atoms with Gasteiger partial charge in [-0.1, -0.05) is 6.07 Å². The first-order valence-corrected chi connectivity index (χ1v) is 6.12. The molecule has 0 saturated carbocycles.